The lowest BCUT2D eigenvalue weighted by Gasteiger charge is -2.11. The molecule has 1 amide bonds. The second-order valence-electron chi connectivity index (χ2n) is 4.97. The van der Waals surface area contributed by atoms with E-state index < -0.39 is 0 Å². The minimum atomic E-state index is -0.187. The predicted molar refractivity (Wildman–Crippen MR) is 87.3 cm³/mol. The number of furan rings is 2. The number of hydrogen-bond donors (Lipinski definition) is 3. The number of hydrogen-bond acceptors (Lipinski definition) is 4. The van der Waals surface area contributed by atoms with Gasteiger partial charge in [-0.15, -0.1) is 0 Å². The largest absolute Gasteiger partial charge is 0.467 e. The van der Waals surface area contributed by atoms with Crippen LogP contribution in [-0.2, 0) is 6.54 Å². The van der Waals surface area contributed by atoms with Gasteiger partial charge in [0.15, 0.2) is 11.7 Å². The van der Waals surface area contributed by atoms with Gasteiger partial charge in [-0.25, -0.2) is 0 Å². The topological polar surface area (TPSA) is 91.8 Å². The number of amides is 1. The minimum absolute atomic E-state index is 0.187. The molecule has 2 aromatic heterocycles. The van der Waals surface area contributed by atoms with Crippen molar-refractivity contribution in [3.63, 3.8) is 0 Å². The van der Waals surface area contributed by atoms with Gasteiger partial charge in [-0.2, -0.15) is 0 Å². The highest BCUT2D eigenvalue weighted by molar-refractivity contribution is 5.92. The first-order valence-corrected chi connectivity index (χ1v) is 7.50. The van der Waals surface area contributed by atoms with Gasteiger partial charge in [0.2, 0.25) is 0 Å². The van der Waals surface area contributed by atoms with Gasteiger partial charge in [0.1, 0.15) is 5.76 Å². The lowest BCUT2D eigenvalue weighted by Crippen LogP contribution is -2.38. The summed E-state index contributed by atoms with van der Waals surface area (Å²) in [7, 11) is 1.71. The maximum atomic E-state index is 11.8. The maximum Gasteiger partial charge on any atom is 0.287 e. The molecule has 0 fully saturated rings. The molecule has 2 aromatic rings. The molecule has 2 rings (SSSR count). The van der Waals surface area contributed by atoms with Crippen molar-refractivity contribution in [3.05, 3.63) is 47.8 Å². The van der Waals surface area contributed by atoms with Gasteiger partial charge in [0.05, 0.1) is 19.1 Å². The van der Waals surface area contributed by atoms with E-state index in [1.54, 1.807) is 19.4 Å². The number of guanidine groups is 1. The van der Waals surface area contributed by atoms with Crippen molar-refractivity contribution in [2.24, 2.45) is 4.99 Å². The van der Waals surface area contributed by atoms with E-state index in [9.17, 15) is 4.79 Å². The Bertz CT molecular complexity index is 632. The zero-order valence-electron chi connectivity index (χ0n) is 13.4. The molecular weight excluding hydrogens is 296 g/mol. The van der Waals surface area contributed by atoms with Crippen LogP contribution in [-0.4, -0.2) is 32.0 Å². The number of aliphatic imine (C=N–C) groups is 1. The summed E-state index contributed by atoms with van der Waals surface area (Å²) in [4.78, 5) is 16.0. The highest BCUT2D eigenvalue weighted by Gasteiger charge is 2.11. The number of rotatable bonds is 7. The Morgan fingerprint density at radius 2 is 1.96 bits per heavy atom. The third kappa shape index (κ3) is 5.21. The second-order valence-corrected chi connectivity index (χ2v) is 4.97. The van der Waals surface area contributed by atoms with Crippen LogP contribution in [0, 0.1) is 6.92 Å². The highest BCUT2D eigenvalue weighted by atomic mass is 16.3. The van der Waals surface area contributed by atoms with E-state index in [0.717, 1.165) is 17.7 Å². The predicted octanol–water partition coefficient (Wildman–Crippen LogP) is 1.67. The summed E-state index contributed by atoms with van der Waals surface area (Å²) in [5.74, 6) is 1.71. The number of nitrogens with one attached hydrogen (secondary N) is 3. The van der Waals surface area contributed by atoms with Crippen molar-refractivity contribution in [1.82, 2.24) is 16.0 Å². The molecule has 3 N–H and O–H groups in total. The summed E-state index contributed by atoms with van der Waals surface area (Å²) in [6.07, 6.45) is 3.92. The van der Waals surface area contributed by atoms with Crippen molar-refractivity contribution in [2.75, 3.05) is 20.1 Å². The number of aryl methyl sites for hydroxylation is 1. The molecule has 0 saturated carbocycles. The molecule has 0 aliphatic carbocycles. The van der Waals surface area contributed by atoms with Crippen molar-refractivity contribution < 1.29 is 13.6 Å². The summed E-state index contributed by atoms with van der Waals surface area (Å²) in [5, 5.41) is 9.14. The Balaban J connectivity index is 1.60. The quantitative estimate of drug-likeness (QED) is 0.410. The Hall–Kier alpha value is -2.70. The second kappa shape index (κ2) is 8.67. The van der Waals surface area contributed by atoms with Crippen molar-refractivity contribution in [2.45, 2.75) is 19.9 Å². The minimum Gasteiger partial charge on any atom is -0.467 e. The lowest BCUT2D eigenvalue weighted by molar-refractivity contribution is 0.0925. The molecular formula is C16H22N4O3. The first-order chi connectivity index (χ1) is 11.2. The van der Waals surface area contributed by atoms with Crippen LogP contribution in [0.2, 0.25) is 0 Å². The molecule has 0 bridgehead atoms. The van der Waals surface area contributed by atoms with Crippen LogP contribution in [0.1, 0.15) is 28.3 Å². The summed E-state index contributed by atoms with van der Waals surface area (Å²) < 4.78 is 10.4. The van der Waals surface area contributed by atoms with Crippen LogP contribution in [0.4, 0.5) is 0 Å². The van der Waals surface area contributed by atoms with Crippen LogP contribution >= 0.6 is 0 Å². The summed E-state index contributed by atoms with van der Waals surface area (Å²) in [5.41, 5.74) is 0.836. The standard InChI is InChI=1S/C16H22N4O3/c1-12-6-10-23-14(12)15(21)18-7-4-8-19-16(17-2)20-11-13-5-3-9-22-13/h3,5-6,9-10H,4,7-8,11H2,1-2H3,(H,18,21)(H2,17,19,20). The first-order valence-electron chi connectivity index (χ1n) is 7.50. The van der Waals surface area contributed by atoms with Crippen molar-refractivity contribution in [3.8, 4) is 0 Å². The molecule has 0 unspecified atom stereocenters. The Kier molecular flexibility index (Phi) is 6.28. The number of nitrogens with zero attached hydrogens (tertiary/aromatic N) is 1. The Labute approximate surface area is 135 Å². The van der Waals surface area contributed by atoms with Gasteiger partial charge < -0.3 is 24.8 Å². The Morgan fingerprint density at radius 1 is 1.13 bits per heavy atom. The van der Waals surface area contributed by atoms with E-state index in [2.05, 4.69) is 20.9 Å². The van der Waals surface area contributed by atoms with Crippen molar-refractivity contribution in [1.29, 1.82) is 0 Å². The normalized spacial score (nSPS) is 11.3. The molecule has 0 radical (unpaired) electrons. The summed E-state index contributed by atoms with van der Waals surface area (Å²) >= 11 is 0. The highest BCUT2D eigenvalue weighted by Crippen LogP contribution is 2.07. The van der Waals surface area contributed by atoms with Gasteiger partial charge in [0, 0.05) is 25.7 Å². The smallest absolute Gasteiger partial charge is 0.287 e. The average Bonchev–Trinajstić information content (AvgIpc) is 3.21. The molecule has 0 aromatic carbocycles. The Morgan fingerprint density at radius 3 is 2.61 bits per heavy atom. The van der Waals surface area contributed by atoms with E-state index in [4.69, 9.17) is 8.83 Å². The first kappa shape index (κ1) is 16.7. The van der Waals surface area contributed by atoms with Gasteiger partial charge >= 0.3 is 0 Å². The SMILES string of the molecule is CN=C(NCCCNC(=O)c1occc1C)NCc1ccco1. The van der Waals surface area contributed by atoms with Crippen LogP contribution in [0.15, 0.2) is 44.6 Å². The van der Waals surface area contributed by atoms with Gasteiger partial charge in [0.25, 0.3) is 5.91 Å². The van der Waals surface area contributed by atoms with Crippen LogP contribution in [0.3, 0.4) is 0 Å². The van der Waals surface area contributed by atoms with Gasteiger partial charge in [-0.05, 0) is 31.5 Å². The fraction of sp³-hybridized carbons (Fsp3) is 0.375. The molecule has 7 nitrogen and oxygen atoms in total. The molecule has 7 heteroatoms. The van der Waals surface area contributed by atoms with Crippen LogP contribution in [0.5, 0.6) is 0 Å². The molecule has 0 aliphatic rings. The molecule has 23 heavy (non-hydrogen) atoms. The van der Waals surface area contributed by atoms with E-state index in [0.29, 0.717) is 31.4 Å². The van der Waals surface area contributed by atoms with Crippen LogP contribution in [0.25, 0.3) is 0 Å². The summed E-state index contributed by atoms with van der Waals surface area (Å²) in [6, 6.07) is 5.51. The lowest BCUT2D eigenvalue weighted by atomic mass is 10.2. The van der Waals surface area contributed by atoms with Gasteiger partial charge in [-0.3, -0.25) is 9.79 Å². The molecule has 124 valence electrons. The van der Waals surface area contributed by atoms with E-state index in [1.165, 1.54) is 6.26 Å². The van der Waals surface area contributed by atoms with E-state index in [1.807, 2.05) is 19.1 Å². The monoisotopic (exact) mass is 318 g/mol. The van der Waals surface area contributed by atoms with E-state index in [-0.39, 0.29) is 5.91 Å². The summed E-state index contributed by atoms with van der Waals surface area (Å²) in [6.45, 7) is 3.66. The van der Waals surface area contributed by atoms with Crippen LogP contribution < -0.4 is 16.0 Å². The van der Waals surface area contributed by atoms with E-state index >= 15 is 0 Å². The third-order valence-corrected chi connectivity index (χ3v) is 3.23. The average molecular weight is 318 g/mol. The molecule has 0 saturated heterocycles. The maximum absolute atomic E-state index is 11.8. The molecule has 2 heterocycles. The number of carbonyl (C=O) groups is 1. The zero-order valence-corrected chi connectivity index (χ0v) is 13.4. The fourth-order valence-corrected chi connectivity index (χ4v) is 1.99. The van der Waals surface area contributed by atoms with Gasteiger partial charge in [-0.1, -0.05) is 0 Å². The molecule has 0 aliphatic heterocycles. The molecule has 0 spiro atoms. The molecule has 0 atom stereocenters. The number of carbonyl (C=O) groups excluding carboxylic acids is 1. The van der Waals surface area contributed by atoms with Crippen molar-refractivity contribution >= 4 is 11.9 Å². The fourth-order valence-electron chi connectivity index (χ4n) is 1.99. The third-order valence-electron chi connectivity index (χ3n) is 3.23. The zero-order chi connectivity index (χ0) is 16.5.